The molecule has 4 heteroatoms. The summed E-state index contributed by atoms with van der Waals surface area (Å²) in [5.41, 5.74) is 0.623. The van der Waals surface area contributed by atoms with E-state index in [9.17, 15) is 4.79 Å². The molecule has 0 saturated heterocycles. The number of nitrogens with zero attached hydrogens (tertiary/aromatic N) is 2. The van der Waals surface area contributed by atoms with Crippen LogP contribution < -0.4 is 10.2 Å². The summed E-state index contributed by atoms with van der Waals surface area (Å²) in [5, 5.41) is 2.75. The van der Waals surface area contributed by atoms with E-state index in [4.69, 9.17) is 0 Å². The van der Waals surface area contributed by atoms with Gasteiger partial charge in [0.05, 0.1) is 5.56 Å². The second-order valence-electron chi connectivity index (χ2n) is 2.93. The zero-order valence-electron chi connectivity index (χ0n) is 9.11. The molecule has 0 atom stereocenters. The highest BCUT2D eigenvalue weighted by Crippen LogP contribution is 2.10. The first-order valence-corrected chi connectivity index (χ1v) is 4.33. The predicted octanol–water partition coefficient (Wildman–Crippen LogP) is 0.796. The van der Waals surface area contributed by atoms with Gasteiger partial charge in [-0.2, -0.15) is 0 Å². The molecule has 0 radical (unpaired) electrons. The highest BCUT2D eigenvalue weighted by molar-refractivity contribution is 5.82. The van der Waals surface area contributed by atoms with Crippen molar-refractivity contribution < 1.29 is 4.79 Å². The minimum Gasteiger partial charge on any atom is -0.362 e. The zero-order valence-corrected chi connectivity index (χ0v) is 9.11. The number of aldehydes is 1. The fourth-order valence-corrected chi connectivity index (χ4v) is 0.875. The highest BCUT2D eigenvalue weighted by Gasteiger charge is 2.01. The summed E-state index contributed by atoms with van der Waals surface area (Å²) >= 11 is 0. The molecule has 4 nitrogen and oxygen atoms in total. The molecule has 0 fully saturated rings. The van der Waals surface area contributed by atoms with Gasteiger partial charge in [-0.15, -0.1) is 0 Å². The summed E-state index contributed by atoms with van der Waals surface area (Å²) in [6.07, 6.45) is 2.48. The Balaban J connectivity index is 0.000000500. The number of aromatic nitrogens is 1. The van der Waals surface area contributed by atoms with Crippen molar-refractivity contribution in [1.82, 2.24) is 10.3 Å². The molecule has 78 valence electrons. The van der Waals surface area contributed by atoms with Crippen molar-refractivity contribution in [1.29, 1.82) is 0 Å². The van der Waals surface area contributed by atoms with Crippen LogP contribution in [-0.2, 0) is 0 Å². The number of hydrogen-bond acceptors (Lipinski definition) is 4. The minimum absolute atomic E-state index is 0.623. The van der Waals surface area contributed by atoms with Crippen LogP contribution in [0.25, 0.3) is 0 Å². The van der Waals surface area contributed by atoms with Gasteiger partial charge in [0.15, 0.2) is 6.29 Å². The first-order chi connectivity index (χ1) is 6.67. The SMILES string of the molecule is CN(C)c1ncccc1C=O.CNC. The zero-order chi connectivity index (χ0) is 11.0. The largest absolute Gasteiger partial charge is 0.362 e. The fraction of sp³-hybridized carbons (Fsp3) is 0.400. The third kappa shape index (κ3) is 4.00. The van der Waals surface area contributed by atoms with Crippen LogP contribution in [0.1, 0.15) is 10.4 Å². The molecule has 0 spiro atoms. The van der Waals surface area contributed by atoms with Crippen molar-refractivity contribution in [2.45, 2.75) is 0 Å². The summed E-state index contributed by atoms with van der Waals surface area (Å²) in [5.74, 6) is 0.711. The Hall–Kier alpha value is -1.42. The molecule has 0 aliphatic rings. The van der Waals surface area contributed by atoms with E-state index in [0.29, 0.717) is 11.4 Å². The molecule has 1 rings (SSSR count). The van der Waals surface area contributed by atoms with Crippen molar-refractivity contribution in [2.75, 3.05) is 33.1 Å². The lowest BCUT2D eigenvalue weighted by Crippen LogP contribution is -2.12. The second-order valence-corrected chi connectivity index (χ2v) is 2.93. The van der Waals surface area contributed by atoms with Crippen LogP contribution in [0.5, 0.6) is 0 Å². The second kappa shape index (κ2) is 7.03. The number of carbonyl (C=O) groups excluding carboxylic acids is 1. The lowest BCUT2D eigenvalue weighted by atomic mass is 10.3. The number of hydrogen-bond donors (Lipinski definition) is 1. The molecule has 0 aromatic carbocycles. The van der Waals surface area contributed by atoms with Gasteiger partial charge in [-0.3, -0.25) is 4.79 Å². The highest BCUT2D eigenvalue weighted by atomic mass is 16.1. The van der Waals surface area contributed by atoms with Gasteiger partial charge >= 0.3 is 0 Å². The smallest absolute Gasteiger partial charge is 0.153 e. The minimum atomic E-state index is 0.623. The predicted molar refractivity (Wildman–Crippen MR) is 58.9 cm³/mol. The standard InChI is InChI=1S/C8H10N2O.C2H7N/c1-10(2)8-7(6-11)4-3-5-9-8;1-3-2/h3-6H,1-2H3;3H,1-2H3. The van der Waals surface area contributed by atoms with Crippen molar-refractivity contribution in [2.24, 2.45) is 0 Å². The summed E-state index contributed by atoms with van der Waals surface area (Å²) in [7, 11) is 7.46. The molecule has 1 N–H and O–H groups in total. The van der Waals surface area contributed by atoms with Gasteiger partial charge in [0.25, 0.3) is 0 Å². The van der Waals surface area contributed by atoms with E-state index in [1.807, 2.05) is 33.1 Å². The number of nitrogens with one attached hydrogen (secondary N) is 1. The molecule has 1 aromatic rings. The van der Waals surface area contributed by atoms with Crippen LogP contribution >= 0.6 is 0 Å². The molecular weight excluding hydrogens is 178 g/mol. The van der Waals surface area contributed by atoms with Gasteiger partial charge in [0, 0.05) is 20.3 Å². The Morgan fingerprint density at radius 2 is 2.00 bits per heavy atom. The van der Waals surface area contributed by atoms with E-state index in [1.165, 1.54) is 0 Å². The van der Waals surface area contributed by atoms with E-state index in [-0.39, 0.29) is 0 Å². The summed E-state index contributed by atoms with van der Waals surface area (Å²) in [4.78, 5) is 16.3. The van der Waals surface area contributed by atoms with E-state index >= 15 is 0 Å². The van der Waals surface area contributed by atoms with Crippen molar-refractivity contribution in [3.63, 3.8) is 0 Å². The third-order valence-electron chi connectivity index (χ3n) is 1.37. The monoisotopic (exact) mass is 195 g/mol. The van der Waals surface area contributed by atoms with Gasteiger partial charge in [0.2, 0.25) is 0 Å². The molecule has 0 bridgehead atoms. The molecular formula is C10H17N3O. The molecule has 14 heavy (non-hydrogen) atoms. The molecule has 0 unspecified atom stereocenters. The maximum atomic E-state index is 10.5. The van der Waals surface area contributed by atoms with Gasteiger partial charge in [0.1, 0.15) is 5.82 Å². The maximum Gasteiger partial charge on any atom is 0.153 e. The maximum absolute atomic E-state index is 10.5. The lowest BCUT2D eigenvalue weighted by Gasteiger charge is -2.11. The average molecular weight is 195 g/mol. The Morgan fingerprint density at radius 3 is 2.36 bits per heavy atom. The molecule has 1 aromatic heterocycles. The van der Waals surface area contributed by atoms with Gasteiger partial charge < -0.3 is 10.2 Å². The van der Waals surface area contributed by atoms with E-state index in [2.05, 4.69) is 10.3 Å². The van der Waals surface area contributed by atoms with Crippen LogP contribution in [0, 0.1) is 0 Å². The van der Waals surface area contributed by atoms with Gasteiger partial charge in [-0.25, -0.2) is 4.98 Å². The van der Waals surface area contributed by atoms with Crippen molar-refractivity contribution in [3.05, 3.63) is 23.9 Å². The first kappa shape index (κ1) is 12.6. The Labute approximate surface area is 85.0 Å². The number of carbonyl (C=O) groups is 1. The molecule has 0 aliphatic carbocycles. The average Bonchev–Trinajstić information content (AvgIpc) is 2.19. The number of pyridine rings is 1. The fourth-order valence-electron chi connectivity index (χ4n) is 0.875. The van der Waals surface area contributed by atoms with Crippen LogP contribution in [0.15, 0.2) is 18.3 Å². The topological polar surface area (TPSA) is 45.2 Å². The lowest BCUT2D eigenvalue weighted by molar-refractivity contribution is 0.112. The molecule has 0 aliphatic heterocycles. The Bertz CT molecular complexity index is 274. The summed E-state index contributed by atoms with van der Waals surface area (Å²) < 4.78 is 0. The molecule has 1 heterocycles. The van der Waals surface area contributed by atoms with Crippen molar-refractivity contribution in [3.8, 4) is 0 Å². The Kier molecular flexibility index (Phi) is 6.32. The molecule has 0 amide bonds. The summed E-state index contributed by atoms with van der Waals surface area (Å²) in [6, 6.07) is 3.49. The van der Waals surface area contributed by atoms with Gasteiger partial charge in [-0.1, -0.05) is 0 Å². The summed E-state index contributed by atoms with van der Waals surface area (Å²) in [6.45, 7) is 0. The van der Waals surface area contributed by atoms with Crippen molar-refractivity contribution >= 4 is 12.1 Å². The first-order valence-electron chi connectivity index (χ1n) is 4.33. The van der Waals surface area contributed by atoms with Crippen LogP contribution in [0.4, 0.5) is 5.82 Å². The van der Waals surface area contributed by atoms with Crippen LogP contribution in [0.3, 0.4) is 0 Å². The normalized spacial score (nSPS) is 8.57. The van der Waals surface area contributed by atoms with Crippen LogP contribution in [-0.4, -0.2) is 39.5 Å². The number of anilines is 1. The quantitative estimate of drug-likeness (QED) is 0.709. The van der Waals surface area contributed by atoms with E-state index in [0.717, 1.165) is 6.29 Å². The molecule has 0 saturated carbocycles. The number of rotatable bonds is 2. The van der Waals surface area contributed by atoms with E-state index < -0.39 is 0 Å². The van der Waals surface area contributed by atoms with E-state index in [1.54, 1.807) is 18.3 Å². The Morgan fingerprint density at radius 1 is 1.43 bits per heavy atom. The third-order valence-corrected chi connectivity index (χ3v) is 1.37. The van der Waals surface area contributed by atoms with Gasteiger partial charge in [-0.05, 0) is 26.2 Å². The van der Waals surface area contributed by atoms with Crippen LogP contribution in [0.2, 0.25) is 0 Å².